The summed E-state index contributed by atoms with van der Waals surface area (Å²) >= 11 is 5.93. The molecular formula is C21H17ClFN3O3. The number of phenols is 2. The molecule has 3 aromatic rings. The molecule has 1 aliphatic heterocycles. The normalized spacial score (nSPS) is 13.3. The minimum Gasteiger partial charge on any atom is -0.507 e. The van der Waals surface area contributed by atoms with Crippen molar-refractivity contribution in [3.05, 3.63) is 64.3 Å². The summed E-state index contributed by atoms with van der Waals surface area (Å²) in [6.07, 6.45) is 3.13. The van der Waals surface area contributed by atoms with E-state index in [0.717, 1.165) is 40.9 Å². The number of amides is 1. The van der Waals surface area contributed by atoms with E-state index in [1.54, 1.807) is 6.20 Å². The molecule has 148 valence electrons. The number of halogens is 2. The molecule has 0 fully saturated rings. The zero-order valence-electron chi connectivity index (χ0n) is 15.5. The summed E-state index contributed by atoms with van der Waals surface area (Å²) < 4.78 is 13.7. The van der Waals surface area contributed by atoms with Gasteiger partial charge in [0.15, 0.2) is 11.6 Å². The third-order valence-electron chi connectivity index (χ3n) is 4.95. The minimum atomic E-state index is -0.963. The van der Waals surface area contributed by atoms with Crippen molar-refractivity contribution in [2.45, 2.75) is 19.8 Å². The molecule has 0 saturated heterocycles. The second-order valence-electron chi connectivity index (χ2n) is 6.90. The molecule has 0 aliphatic carbocycles. The highest BCUT2D eigenvalue weighted by Crippen LogP contribution is 2.35. The van der Waals surface area contributed by atoms with Crippen LogP contribution in [0.4, 0.5) is 10.1 Å². The molecule has 2 heterocycles. The van der Waals surface area contributed by atoms with Gasteiger partial charge in [0.1, 0.15) is 5.75 Å². The Balaban J connectivity index is 1.73. The van der Waals surface area contributed by atoms with Gasteiger partial charge in [-0.1, -0.05) is 6.07 Å². The molecule has 4 rings (SSSR count). The molecule has 8 heteroatoms. The van der Waals surface area contributed by atoms with Gasteiger partial charge in [0, 0.05) is 30.1 Å². The highest BCUT2D eigenvalue weighted by molar-refractivity contribution is 6.28. The molecule has 2 aromatic carbocycles. The van der Waals surface area contributed by atoms with Crippen LogP contribution in [0.1, 0.15) is 27.9 Å². The van der Waals surface area contributed by atoms with Gasteiger partial charge in [-0.15, -0.1) is 0 Å². The van der Waals surface area contributed by atoms with E-state index < -0.39 is 23.2 Å². The number of hydrogen-bond acceptors (Lipinski definition) is 5. The summed E-state index contributed by atoms with van der Waals surface area (Å²) in [6.45, 7) is 2.33. The van der Waals surface area contributed by atoms with Gasteiger partial charge in [-0.05, 0) is 60.7 Å². The van der Waals surface area contributed by atoms with Gasteiger partial charge in [0.05, 0.1) is 11.3 Å². The van der Waals surface area contributed by atoms with Crippen molar-refractivity contribution in [1.82, 2.24) is 9.97 Å². The van der Waals surface area contributed by atoms with Gasteiger partial charge in [-0.2, -0.15) is 0 Å². The summed E-state index contributed by atoms with van der Waals surface area (Å²) in [4.78, 5) is 22.8. The Hall–Kier alpha value is -3.19. The number of aryl methyl sites for hydroxylation is 2. The number of phenolic OH excluding ortho intramolecular Hbond substituents is 2. The van der Waals surface area contributed by atoms with E-state index >= 15 is 0 Å². The lowest BCUT2D eigenvalue weighted by molar-refractivity contribution is 0.0982. The number of rotatable bonds is 2. The lowest BCUT2D eigenvalue weighted by Gasteiger charge is -2.30. The summed E-state index contributed by atoms with van der Waals surface area (Å²) in [5.41, 5.74) is 3.89. The number of anilines is 1. The first-order valence-electron chi connectivity index (χ1n) is 9.01. The predicted octanol–water partition coefficient (Wildman–Crippen LogP) is 4.25. The van der Waals surface area contributed by atoms with Crippen molar-refractivity contribution in [2.24, 2.45) is 0 Å². The highest BCUT2D eigenvalue weighted by atomic mass is 35.5. The largest absolute Gasteiger partial charge is 0.507 e. The van der Waals surface area contributed by atoms with Crippen LogP contribution in [0, 0.1) is 12.7 Å². The average molecular weight is 414 g/mol. The highest BCUT2D eigenvalue weighted by Gasteiger charge is 2.27. The van der Waals surface area contributed by atoms with E-state index in [4.69, 9.17) is 11.6 Å². The third kappa shape index (κ3) is 3.49. The zero-order valence-corrected chi connectivity index (χ0v) is 16.2. The van der Waals surface area contributed by atoms with Crippen LogP contribution in [0.2, 0.25) is 5.28 Å². The topological polar surface area (TPSA) is 86.6 Å². The van der Waals surface area contributed by atoms with Gasteiger partial charge in [-0.3, -0.25) is 4.79 Å². The number of carbonyl (C=O) groups is 1. The molecule has 6 nitrogen and oxygen atoms in total. The second kappa shape index (κ2) is 7.33. The summed E-state index contributed by atoms with van der Waals surface area (Å²) in [6, 6.07) is 7.29. The maximum atomic E-state index is 13.7. The fourth-order valence-electron chi connectivity index (χ4n) is 3.54. The molecule has 1 aliphatic rings. The number of aromatic hydroxyl groups is 2. The smallest absolute Gasteiger partial charge is 0.262 e. The van der Waals surface area contributed by atoms with Gasteiger partial charge < -0.3 is 15.1 Å². The molecular weight excluding hydrogens is 397 g/mol. The standard InChI is InChI=1S/C21H17ClFN3O3/c1-11-10-24-21(22)25-19(11)13-4-5-16-12(7-13)3-2-6-26(16)20(29)14-8-15(23)18(28)9-17(14)27/h4-5,7-10,27-28H,2-3,6H2,1H3. The third-order valence-corrected chi connectivity index (χ3v) is 5.14. The van der Waals surface area contributed by atoms with Crippen LogP contribution in [0.5, 0.6) is 11.5 Å². The number of carbonyl (C=O) groups excluding carboxylic acids is 1. The molecule has 0 unspecified atom stereocenters. The van der Waals surface area contributed by atoms with Crippen LogP contribution in [-0.4, -0.2) is 32.6 Å². The van der Waals surface area contributed by atoms with Crippen LogP contribution < -0.4 is 4.90 Å². The van der Waals surface area contributed by atoms with Crippen LogP contribution >= 0.6 is 11.6 Å². The van der Waals surface area contributed by atoms with Crippen LogP contribution in [0.25, 0.3) is 11.3 Å². The van der Waals surface area contributed by atoms with E-state index in [2.05, 4.69) is 9.97 Å². The molecule has 2 N–H and O–H groups in total. The fraction of sp³-hybridized carbons (Fsp3) is 0.190. The van der Waals surface area contributed by atoms with E-state index in [1.165, 1.54) is 4.90 Å². The maximum absolute atomic E-state index is 13.7. The quantitative estimate of drug-likeness (QED) is 0.613. The molecule has 1 aromatic heterocycles. The Morgan fingerprint density at radius 1 is 1.21 bits per heavy atom. The van der Waals surface area contributed by atoms with Crippen molar-refractivity contribution in [3.63, 3.8) is 0 Å². The van der Waals surface area contributed by atoms with Crippen LogP contribution in [0.3, 0.4) is 0 Å². The average Bonchev–Trinajstić information content (AvgIpc) is 2.71. The number of benzene rings is 2. The first-order chi connectivity index (χ1) is 13.8. The molecule has 0 saturated carbocycles. The van der Waals surface area contributed by atoms with Gasteiger partial charge >= 0.3 is 0 Å². The Morgan fingerprint density at radius 3 is 2.79 bits per heavy atom. The van der Waals surface area contributed by atoms with Crippen molar-refractivity contribution in [1.29, 1.82) is 0 Å². The van der Waals surface area contributed by atoms with Gasteiger partial charge in [0.25, 0.3) is 5.91 Å². The molecule has 0 radical (unpaired) electrons. The van der Waals surface area contributed by atoms with Gasteiger partial charge in [-0.25, -0.2) is 14.4 Å². The van der Waals surface area contributed by atoms with Gasteiger partial charge in [0.2, 0.25) is 5.28 Å². The maximum Gasteiger partial charge on any atom is 0.262 e. The molecule has 1 amide bonds. The molecule has 29 heavy (non-hydrogen) atoms. The van der Waals surface area contributed by atoms with E-state index in [0.29, 0.717) is 18.7 Å². The molecule has 0 spiro atoms. The zero-order chi connectivity index (χ0) is 20.7. The minimum absolute atomic E-state index is 0.157. The van der Waals surface area contributed by atoms with E-state index in [9.17, 15) is 19.4 Å². The Kier molecular flexibility index (Phi) is 4.84. The first kappa shape index (κ1) is 19.1. The Labute approximate surface area is 171 Å². The molecule has 0 bridgehead atoms. The monoisotopic (exact) mass is 413 g/mol. The first-order valence-corrected chi connectivity index (χ1v) is 9.38. The predicted molar refractivity (Wildman–Crippen MR) is 107 cm³/mol. The van der Waals surface area contributed by atoms with Crippen molar-refractivity contribution in [2.75, 3.05) is 11.4 Å². The van der Waals surface area contributed by atoms with E-state index in [1.807, 2.05) is 25.1 Å². The summed E-state index contributed by atoms with van der Waals surface area (Å²) in [5.74, 6) is -2.67. The number of nitrogens with zero attached hydrogens (tertiary/aromatic N) is 3. The second-order valence-corrected chi connectivity index (χ2v) is 7.23. The number of hydrogen-bond donors (Lipinski definition) is 2. The SMILES string of the molecule is Cc1cnc(Cl)nc1-c1ccc2c(c1)CCCN2C(=O)c1cc(F)c(O)cc1O. The fourth-order valence-corrected chi connectivity index (χ4v) is 3.67. The summed E-state index contributed by atoms with van der Waals surface area (Å²) in [7, 11) is 0. The van der Waals surface area contributed by atoms with Crippen molar-refractivity contribution in [3.8, 4) is 22.8 Å². The molecule has 0 atom stereocenters. The number of aromatic nitrogens is 2. The van der Waals surface area contributed by atoms with Crippen LogP contribution in [-0.2, 0) is 6.42 Å². The van der Waals surface area contributed by atoms with E-state index in [-0.39, 0.29) is 10.8 Å². The lowest BCUT2D eigenvalue weighted by Crippen LogP contribution is -2.35. The Bertz CT molecular complexity index is 1140. The summed E-state index contributed by atoms with van der Waals surface area (Å²) in [5, 5.41) is 19.5. The van der Waals surface area contributed by atoms with Crippen LogP contribution in [0.15, 0.2) is 36.5 Å². The Morgan fingerprint density at radius 2 is 2.00 bits per heavy atom. The number of fused-ring (bicyclic) bond motifs is 1. The van der Waals surface area contributed by atoms with Crippen molar-refractivity contribution >= 4 is 23.2 Å². The lowest BCUT2D eigenvalue weighted by atomic mass is 9.96. The van der Waals surface area contributed by atoms with Crippen molar-refractivity contribution < 1.29 is 19.4 Å².